The van der Waals surface area contributed by atoms with Gasteiger partial charge in [0.05, 0.1) is 18.8 Å². The first-order chi connectivity index (χ1) is 8.65. The van der Waals surface area contributed by atoms with E-state index in [1.54, 1.807) is 0 Å². The average molecular weight is 252 g/mol. The highest BCUT2D eigenvalue weighted by atomic mass is 16.5. The van der Waals surface area contributed by atoms with Crippen LogP contribution in [0, 0.1) is 11.8 Å². The second kappa shape index (κ2) is 6.95. The quantitative estimate of drug-likeness (QED) is 0.677. The van der Waals surface area contributed by atoms with Crippen molar-refractivity contribution in [1.29, 1.82) is 0 Å². The monoisotopic (exact) mass is 252 g/mol. The van der Waals surface area contributed by atoms with Crippen LogP contribution in [-0.2, 0) is 9.47 Å². The van der Waals surface area contributed by atoms with Gasteiger partial charge in [-0.1, -0.05) is 19.3 Å². The van der Waals surface area contributed by atoms with Crippen LogP contribution in [0.4, 0.5) is 0 Å². The summed E-state index contributed by atoms with van der Waals surface area (Å²) in [6.07, 6.45) is 10.5. The van der Waals surface area contributed by atoms with E-state index in [1.165, 1.54) is 44.9 Å². The maximum absolute atomic E-state index is 6.00. The Morgan fingerprint density at radius 1 is 1.00 bits per heavy atom. The maximum atomic E-state index is 6.00. The summed E-state index contributed by atoms with van der Waals surface area (Å²) in [6.45, 7) is 4.96. The van der Waals surface area contributed by atoms with Crippen LogP contribution in [0.15, 0.2) is 0 Å². The third-order valence-corrected chi connectivity index (χ3v) is 4.61. The molecule has 18 heavy (non-hydrogen) atoms. The van der Waals surface area contributed by atoms with E-state index < -0.39 is 0 Å². The van der Waals surface area contributed by atoms with Gasteiger partial charge in [-0.25, -0.2) is 0 Å². The van der Waals surface area contributed by atoms with Crippen molar-refractivity contribution in [2.75, 3.05) is 6.61 Å². The Morgan fingerprint density at radius 3 is 2.11 bits per heavy atom. The predicted octanol–water partition coefficient (Wildman–Crippen LogP) is 2.75. The molecule has 2 rings (SSSR count). The van der Waals surface area contributed by atoms with Gasteiger partial charge in [0.2, 0.25) is 0 Å². The number of hydrogen-bond acceptors (Lipinski definition) is 2. The third kappa shape index (κ3) is 4.27. The summed E-state index contributed by atoms with van der Waals surface area (Å²) < 4.78 is 11.7. The van der Waals surface area contributed by atoms with Gasteiger partial charge in [0.1, 0.15) is 7.85 Å². The molecule has 0 aromatic heterocycles. The van der Waals surface area contributed by atoms with E-state index in [4.69, 9.17) is 9.47 Å². The fourth-order valence-corrected chi connectivity index (χ4v) is 3.41. The summed E-state index contributed by atoms with van der Waals surface area (Å²) in [7, 11) is 2.08. The molecule has 2 saturated carbocycles. The molecule has 2 aliphatic rings. The van der Waals surface area contributed by atoms with Crippen molar-refractivity contribution >= 4 is 7.85 Å². The fourth-order valence-electron chi connectivity index (χ4n) is 3.41. The lowest BCUT2D eigenvalue weighted by atomic mass is 9.70. The number of rotatable bonds is 6. The third-order valence-electron chi connectivity index (χ3n) is 4.61. The van der Waals surface area contributed by atoms with Crippen molar-refractivity contribution in [2.24, 2.45) is 11.8 Å². The molecular formula is C15H29BO2. The van der Waals surface area contributed by atoms with Gasteiger partial charge in [0.15, 0.2) is 0 Å². The minimum atomic E-state index is 0.231. The van der Waals surface area contributed by atoms with E-state index in [2.05, 4.69) is 21.7 Å². The number of hydrogen-bond donors (Lipinski definition) is 0. The summed E-state index contributed by atoms with van der Waals surface area (Å²) >= 11 is 0. The van der Waals surface area contributed by atoms with Crippen LogP contribution < -0.4 is 0 Å². The minimum Gasteiger partial charge on any atom is -0.382 e. The molecule has 104 valence electrons. The van der Waals surface area contributed by atoms with Gasteiger partial charge in [0, 0.05) is 6.00 Å². The molecule has 2 fully saturated rings. The lowest BCUT2D eigenvalue weighted by molar-refractivity contribution is -0.0591. The average Bonchev–Trinajstić information content (AvgIpc) is 2.25. The maximum Gasteiger partial charge on any atom is 0.138 e. The number of ether oxygens (including phenoxy) is 2. The Labute approximate surface area is 113 Å². The van der Waals surface area contributed by atoms with E-state index in [0.717, 1.165) is 18.4 Å². The molecule has 0 aliphatic heterocycles. The molecular weight excluding hydrogens is 223 g/mol. The van der Waals surface area contributed by atoms with Crippen LogP contribution in [0.1, 0.15) is 58.8 Å². The van der Waals surface area contributed by atoms with E-state index in [0.29, 0.717) is 12.1 Å². The summed E-state index contributed by atoms with van der Waals surface area (Å²) in [5.41, 5.74) is 0. The molecule has 0 amide bonds. The van der Waals surface area contributed by atoms with E-state index in [-0.39, 0.29) is 6.10 Å². The van der Waals surface area contributed by atoms with Crippen LogP contribution in [0.3, 0.4) is 0 Å². The predicted molar refractivity (Wildman–Crippen MR) is 77.6 cm³/mol. The fraction of sp³-hybridized carbons (Fsp3) is 1.00. The standard InChI is InChI=1S/C15H29BO2/c1-11(18-12(2)16)10-17-15-8-6-14(7-9-15)13-4-3-5-13/h11-15H,3-10,16H2,1-2H3. The second-order valence-electron chi connectivity index (χ2n) is 6.56. The van der Waals surface area contributed by atoms with Crippen molar-refractivity contribution in [3.63, 3.8) is 0 Å². The Hall–Kier alpha value is -0.0151. The zero-order valence-corrected chi connectivity index (χ0v) is 12.4. The zero-order chi connectivity index (χ0) is 13.0. The van der Waals surface area contributed by atoms with Gasteiger partial charge in [-0.05, 0) is 51.4 Å². The van der Waals surface area contributed by atoms with E-state index in [9.17, 15) is 0 Å². The SMILES string of the molecule is BC(C)OC(C)COC1CCC(C2CCC2)CC1. The topological polar surface area (TPSA) is 18.5 Å². The minimum absolute atomic E-state index is 0.231. The Morgan fingerprint density at radius 2 is 1.61 bits per heavy atom. The van der Waals surface area contributed by atoms with Crippen molar-refractivity contribution in [3.05, 3.63) is 0 Å². The molecule has 0 N–H and O–H groups in total. The second-order valence-corrected chi connectivity index (χ2v) is 6.56. The lowest BCUT2D eigenvalue weighted by Gasteiger charge is -2.38. The highest BCUT2D eigenvalue weighted by molar-refractivity contribution is 6.10. The van der Waals surface area contributed by atoms with Crippen LogP contribution in [0.5, 0.6) is 0 Å². The highest BCUT2D eigenvalue weighted by Gasteiger charge is 2.31. The van der Waals surface area contributed by atoms with Gasteiger partial charge in [-0.2, -0.15) is 0 Å². The van der Waals surface area contributed by atoms with Crippen LogP contribution in [0.25, 0.3) is 0 Å². The smallest absolute Gasteiger partial charge is 0.138 e. The first-order valence-corrected chi connectivity index (χ1v) is 7.92. The molecule has 3 heteroatoms. The molecule has 2 unspecified atom stereocenters. The Kier molecular flexibility index (Phi) is 5.56. The van der Waals surface area contributed by atoms with Crippen LogP contribution >= 0.6 is 0 Å². The Balaban J connectivity index is 1.58. The molecule has 2 nitrogen and oxygen atoms in total. The van der Waals surface area contributed by atoms with Crippen LogP contribution in [0.2, 0.25) is 0 Å². The summed E-state index contributed by atoms with van der Waals surface area (Å²) in [5.74, 6) is 2.08. The molecule has 0 aromatic rings. The van der Waals surface area contributed by atoms with Crippen molar-refractivity contribution in [3.8, 4) is 0 Å². The van der Waals surface area contributed by atoms with Crippen molar-refractivity contribution < 1.29 is 9.47 Å². The van der Waals surface area contributed by atoms with Crippen molar-refractivity contribution in [2.45, 2.75) is 77.0 Å². The highest BCUT2D eigenvalue weighted by Crippen LogP contribution is 2.41. The van der Waals surface area contributed by atoms with Gasteiger partial charge in [-0.15, -0.1) is 0 Å². The molecule has 2 atom stereocenters. The molecule has 2 aliphatic carbocycles. The van der Waals surface area contributed by atoms with Crippen LogP contribution in [-0.4, -0.2) is 32.7 Å². The van der Waals surface area contributed by atoms with Gasteiger partial charge in [-0.3, -0.25) is 0 Å². The van der Waals surface area contributed by atoms with E-state index in [1.807, 2.05) is 0 Å². The molecule has 0 heterocycles. The largest absolute Gasteiger partial charge is 0.382 e. The Bertz CT molecular complexity index is 233. The molecule has 0 radical (unpaired) electrons. The van der Waals surface area contributed by atoms with Crippen molar-refractivity contribution in [1.82, 2.24) is 0 Å². The zero-order valence-electron chi connectivity index (χ0n) is 12.4. The van der Waals surface area contributed by atoms with Gasteiger partial charge in [0.25, 0.3) is 0 Å². The summed E-state index contributed by atoms with van der Waals surface area (Å²) in [6, 6.07) is 0.304. The molecule has 0 saturated heterocycles. The van der Waals surface area contributed by atoms with Gasteiger partial charge < -0.3 is 9.47 Å². The first kappa shape index (κ1) is 14.4. The normalized spacial score (nSPS) is 32.8. The summed E-state index contributed by atoms with van der Waals surface area (Å²) in [4.78, 5) is 0. The molecule has 0 spiro atoms. The van der Waals surface area contributed by atoms with Gasteiger partial charge >= 0.3 is 0 Å². The first-order valence-electron chi connectivity index (χ1n) is 7.92. The molecule has 0 bridgehead atoms. The van der Waals surface area contributed by atoms with E-state index >= 15 is 0 Å². The summed E-state index contributed by atoms with van der Waals surface area (Å²) in [5, 5.41) is 0. The lowest BCUT2D eigenvalue weighted by Crippen LogP contribution is -2.31. The molecule has 0 aromatic carbocycles.